The van der Waals surface area contributed by atoms with Crippen molar-refractivity contribution in [3.8, 4) is 17.2 Å². The normalized spacial score (nSPS) is 10.3. The number of hydrogen-bond donors (Lipinski definition) is 1. The summed E-state index contributed by atoms with van der Waals surface area (Å²) < 4.78 is 0. The lowest BCUT2D eigenvalue weighted by atomic mass is 10.0. The van der Waals surface area contributed by atoms with Gasteiger partial charge in [0.25, 0.3) is 0 Å². The van der Waals surface area contributed by atoms with Crippen LogP contribution in [-0.2, 0) is 0 Å². The molecule has 3 rings (SSSR count). The monoisotopic (exact) mass is 219 g/mol. The van der Waals surface area contributed by atoms with E-state index in [0.29, 0.717) is 5.56 Å². The highest BCUT2D eigenvalue weighted by Crippen LogP contribution is 2.25. The molecule has 3 heteroatoms. The molecule has 0 atom stereocenters. The number of aromatic amines is 1. The number of nitrogens with one attached hydrogen (secondary N) is 1. The molecule has 0 fully saturated rings. The fraction of sp³-hybridized carbons (Fsp3) is 0. The summed E-state index contributed by atoms with van der Waals surface area (Å²) in [7, 11) is 0. The van der Waals surface area contributed by atoms with Gasteiger partial charge in [0.2, 0.25) is 0 Å². The fourth-order valence-electron chi connectivity index (χ4n) is 1.93. The molecule has 2 aromatic carbocycles. The van der Waals surface area contributed by atoms with E-state index in [2.05, 4.69) is 16.0 Å². The number of rotatable bonds is 1. The van der Waals surface area contributed by atoms with Crippen LogP contribution in [0.15, 0.2) is 48.8 Å². The highest BCUT2D eigenvalue weighted by molar-refractivity contribution is 5.83. The topological polar surface area (TPSA) is 52.5 Å². The van der Waals surface area contributed by atoms with Crippen LogP contribution in [0.3, 0.4) is 0 Å². The third kappa shape index (κ3) is 1.56. The van der Waals surface area contributed by atoms with Crippen LogP contribution in [0.4, 0.5) is 0 Å². The van der Waals surface area contributed by atoms with E-state index in [0.717, 1.165) is 22.2 Å². The Hall–Kier alpha value is -2.60. The van der Waals surface area contributed by atoms with E-state index in [-0.39, 0.29) is 0 Å². The van der Waals surface area contributed by atoms with Crippen molar-refractivity contribution in [1.82, 2.24) is 9.97 Å². The quantitative estimate of drug-likeness (QED) is 0.683. The molecule has 0 saturated heterocycles. The van der Waals surface area contributed by atoms with Crippen molar-refractivity contribution in [1.29, 1.82) is 5.26 Å². The summed E-state index contributed by atoms with van der Waals surface area (Å²) in [5.41, 5.74) is 4.56. The van der Waals surface area contributed by atoms with Gasteiger partial charge in [0.05, 0.1) is 29.0 Å². The Kier molecular flexibility index (Phi) is 2.13. The summed E-state index contributed by atoms with van der Waals surface area (Å²) in [6.45, 7) is 0. The van der Waals surface area contributed by atoms with E-state index in [1.54, 1.807) is 6.33 Å². The zero-order valence-electron chi connectivity index (χ0n) is 9.01. The molecule has 1 N–H and O–H groups in total. The molecule has 3 aromatic rings. The van der Waals surface area contributed by atoms with E-state index in [1.165, 1.54) is 0 Å². The highest BCUT2D eigenvalue weighted by Gasteiger charge is 2.05. The van der Waals surface area contributed by atoms with Gasteiger partial charge in [-0.15, -0.1) is 0 Å². The van der Waals surface area contributed by atoms with Crippen LogP contribution in [0.5, 0.6) is 0 Å². The molecule has 0 radical (unpaired) electrons. The van der Waals surface area contributed by atoms with Crippen molar-refractivity contribution in [3.63, 3.8) is 0 Å². The van der Waals surface area contributed by atoms with Gasteiger partial charge in [0, 0.05) is 0 Å². The minimum absolute atomic E-state index is 0.683. The number of fused-ring (bicyclic) bond motifs is 1. The first-order valence-corrected chi connectivity index (χ1v) is 5.31. The highest BCUT2D eigenvalue weighted by atomic mass is 14.9. The Labute approximate surface area is 98.4 Å². The molecule has 0 aliphatic carbocycles. The van der Waals surface area contributed by atoms with E-state index in [1.807, 2.05) is 42.5 Å². The molecule has 0 aliphatic rings. The summed E-state index contributed by atoms with van der Waals surface area (Å²) in [6, 6.07) is 15.8. The Morgan fingerprint density at radius 1 is 1.12 bits per heavy atom. The maximum Gasteiger partial charge on any atom is 0.0998 e. The van der Waals surface area contributed by atoms with Crippen LogP contribution < -0.4 is 0 Å². The molecule has 1 aromatic heterocycles. The van der Waals surface area contributed by atoms with Gasteiger partial charge in [-0.05, 0) is 29.3 Å². The number of benzene rings is 2. The minimum atomic E-state index is 0.683. The largest absolute Gasteiger partial charge is 0.345 e. The summed E-state index contributed by atoms with van der Waals surface area (Å²) in [6.07, 6.45) is 1.67. The molecule has 0 spiro atoms. The third-order valence-electron chi connectivity index (χ3n) is 2.78. The molecule has 17 heavy (non-hydrogen) atoms. The minimum Gasteiger partial charge on any atom is -0.345 e. The first-order valence-electron chi connectivity index (χ1n) is 5.31. The summed E-state index contributed by atoms with van der Waals surface area (Å²) >= 11 is 0. The molecule has 0 bridgehead atoms. The third-order valence-corrected chi connectivity index (χ3v) is 2.78. The Balaban J connectivity index is 2.23. The number of nitrogens with zero attached hydrogens (tertiary/aromatic N) is 2. The van der Waals surface area contributed by atoms with Gasteiger partial charge < -0.3 is 4.98 Å². The second kappa shape index (κ2) is 3.76. The van der Waals surface area contributed by atoms with Gasteiger partial charge in [-0.25, -0.2) is 4.98 Å². The van der Waals surface area contributed by atoms with Gasteiger partial charge in [-0.2, -0.15) is 5.26 Å². The SMILES string of the molecule is N#Cc1ccccc1-c1ccc2[nH]cnc2c1. The maximum absolute atomic E-state index is 9.08. The van der Waals surface area contributed by atoms with Crippen molar-refractivity contribution < 1.29 is 0 Å². The number of hydrogen-bond acceptors (Lipinski definition) is 2. The summed E-state index contributed by atoms with van der Waals surface area (Å²) in [4.78, 5) is 7.27. The van der Waals surface area contributed by atoms with Crippen LogP contribution in [-0.4, -0.2) is 9.97 Å². The number of nitriles is 1. The molecule has 1 heterocycles. The second-order valence-electron chi connectivity index (χ2n) is 3.79. The zero-order valence-corrected chi connectivity index (χ0v) is 9.01. The zero-order chi connectivity index (χ0) is 11.7. The van der Waals surface area contributed by atoms with Gasteiger partial charge in [0.15, 0.2) is 0 Å². The Morgan fingerprint density at radius 3 is 2.88 bits per heavy atom. The summed E-state index contributed by atoms with van der Waals surface area (Å²) in [5, 5.41) is 9.08. The van der Waals surface area contributed by atoms with Gasteiger partial charge >= 0.3 is 0 Å². The van der Waals surface area contributed by atoms with Crippen LogP contribution in [0.1, 0.15) is 5.56 Å². The molecular weight excluding hydrogens is 210 g/mol. The van der Waals surface area contributed by atoms with Gasteiger partial charge in [-0.1, -0.05) is 24.3 Å². The van der Waals surface area contributed by atoms with Crippen molar-refractivity contribution in [2.24, 2.45) is 0 Å². The molecular formula is C14H9N3. The lowest BCUT2D eigenvalue weighted by molar-refractivity contribution is 1.34. The molecule has 0 aliphatic heterocycles. The van der Waals surface area contributed by atoms with E-state index in [9.17, 15) is 0 Å². The van der Waals surface area contributed by atoms with E-state index < -0.39 is 0 Å². The smallest absolute Gasteiger partial charge is 0.0998 e. The summed E-state index contributed by atoms with van der Waals surface area (Å²) in [5.74, 6) is 0. The van der Waals surface area contributed by atoms with Crippen LogP contribution in [0, 0.1) is 11.3 Å². The van der Waals surface area contributed by atoms with Crippen molar-refractivity contribution in [2.45, 2.75) is 0 Å². The Morgan fingerprint density at radius 2 is 2.00 bits per heavy atom. The number of aromatic nitrogens is 2. The average molecular weight is 219 g/mol. The van der Waals surface area contributed by atoms with Crippen molar-refractivity contribution >= 4 is 11.0 Å². The van der Waals surface area contributed by atoms with Crippen LogP contribution >= 0.6 is 0 Å². The number of H-pyrrole nitrogens is 1. The maximum atomic E-state index is 9.08. The van der Waals surface area contributed by atoms with E-state index >= 15 is 0 Å². The van der Waals surface area contributed by atoms with Gasteiger partial charge in [0.1, 0.15) is 0 Å². The van der Waals surface area contributed by atoms with Crippen molar-refractivity contribution in [2.75, 3.05) is 0 Å². The standard InChI is InChI=1S/C14H9N3/c15-8-11-3-1-2-4-12(11)10-5-6-13-14(7-10)17-9-16-13/h1-7,9H,(H,16,17). The van der Waals surface area contributed by atoms with E-state index in [4.69, 9.17) is 5.26 Å². The van der Waals surface area contributed by atoms with Crippen LogP contribution in [0.2, 0.25) is 0 Å². The van der Waals surface area contributed by atoms with Gasteiger partial charge in [-0.3, -0.25) is 0 Å². The molecule has 0 saturated carbocycles. The van der Waals surface area contributed by atoms with Crippen molar-refractivity contribution in [3.05, 3.63) is 54.4 Å². The molecule has 80 valence electrons. The molecule has 0 unspecified atom stereocenters. The first-order chi connectivity index (χ1) is 8.38. The molecule has 0 amide bonds. The predicted octanol–water partition coefficient (Wildman–Crippen LogP) is 3.10. The predicted molar refractivity (Wildman–Crippen MR) is 66.2 cm³/mol. The molecule has 3 nitrogen and oxygen atoms in total. The Bertz CT molecular complexity index is 719. The lowest BCUT2D eigenvalue weighted by Gasteiger charge is -2.03. The fourth-order valence-corrected chi connectivity index (χ4v) is 1.93. The second-order valence-corrected chi connectivity index (χ2v) is 3.79. The first kappa shape index (κ1) is 9.61. The lowest BCUT2D eigenvalue weighted by Crippen LogP contribution is -1.83. The average Bonchev–Trinajstić information content (AvgIpc) is 2.85. The number of imidazole rings is 1. The van der Waals surface area contributed by atoms with Crippen LogP contribution in [0.25, 0.3) is 22.2 Å².